The fourth-order valence-corrected chi connectivity index (χ4v) is 8.58. The first kappa shape index (κ1) is 31.6. The molecule has 3 fully saturated rings. The molecule has 4 rings (SSSR count). The molecule has 0 amide bonds. The van der Waals surface area contributed by atoms with Crippen molar-refractivity contribution < 1.29 is 14.5 Å². The van der Waals surface area contributed by atoms with E-state index in [0.717, 1.165) is 43.4 Å². The number of fused-ring (bicyclic) bond motifs is 5. The molecule has 3 saturated carbocycles. The fraction of sp³-hybridized carbons (Fsp3) is 0.882. The summed E-state index contributed by atoms with van der Waals surface area (Å²) in [5, 5.41) is 21.2. The van der Waals surface area contributed by atoms with Crippen LogP contribution in [-0.2, 0) is 0 Å². The Morgan fingerprint density at radius 1 is 0.972 bits per heavy atom. The standard InChI is InChI=1S/C27H46O2.C4H8.C3H8.3H2/c1-17(2)6-11-25(29)18(3)22-9-10-23-21-8-7-19-16-20(28)12-14-26(19,4)24(21)13-15-27(22,23)5;1-3-4-2;1-3-2;;;/h7,17-18,20-25,28-29H,6,8-16H2,1-5H3;3-4H,1-2H3;3H2,1-2H3;3*1H/b;4-3-;;;;/t18-,20-,21-,22?,23?,24?,25-,26-,27+;;;;;/m0...../s1. The van der Waals surface area contributed by atoms with E-state index in [-0.39, 0.29) is 16.5 Å². The van der Waals surface area contributed by atoms with Crippen molar-refractivity contribution in [2.45, 2.75) is 145 Å². The molecule has 216 valence electrons. The van der Waals surface area contributed by atoms with Crippen LogP contribution in [0.1, 0.15) is 137 Å². The maximum atomic E-state index is 11.0. The number of rotatable bonds is 5. The molecule has 0 radical (unpaired) electrons. The lowest BCUT2D eigenvalue weighted by atomic mass is 9.47. The van der Waals surface area contributed by atoms with Gasteiger partial charge in [-0.25, -0.2) is 0 Å². The van der Waals surface area contributed by atoms with Crippen molar-refractivity contribution in [1.29, 1.82) is 0 Å². The lowest BCUT2D eigenvalue weighted by molar-refractivity contribution is -0.0681. The molecule has 2 N–H and O–H groups in total. The Morgan fingerprint density at radius 3 is 2.19 bits per heavy atom. The Morgan fingerprint density at radius 2 is 1.61 bits per heavy atom. The van der Waals surface area contributed by atoms with Gasteiger partial charge in [0.2, 0.25) is 0 Å². The molecular weight excluding hydrogens is 440 g/mol. The highest BCUT2D eigenvalue weighted by Crippen LogP contribution is 2.67. The van der Waals surface area contributed by atoms with Gasteiger partial charge in [0.15, 0.2) is 0 Å². The van der Waals surface area contributed by atoms with Crippen LogP contribution >= 0.6 is 0 Å². The van der Waals surface area contributed by atoms with Gasteiger partial charge in [0, 0.05) is 4.28 Å². The van der Waals surface area contributed by atoms with E-state index in [2.05, 4.69) is 54.5 Å². The first-order valence-corrected chi connectivity index (χ1v) is 15.6. The highest BCUT2D eigenvalue weighted by molar-refractivity contribution is 5.25. The van der Waals surface area contributed by atoms with E-state index in [9.17, 15) is 10.2 Å². The first-order valence-electron chi connectivity index (χ1n) is 15.6. The largest absolute Gasteiger partial charge is 0.393 e. The van der Waals surface area contributed by atoms with Crippen LogP contribution in [0, 0.1) is 46.3 Å². The van der Waals surface area contributed by atoms with E-state index in [0.29, 0.717) is 28.6 Å². The molecule has 2 nitrogen and oxygen atoms in total. The number of hydrogen-bond acceptors (Lipinski definition) is 2. The van der Waals surface area contributed by atoms with Gasteiger partial charge < -0.3 is 10.2 Å². The average Bonchev–Trinajstić information content (AvgIpc) is 3.20. The molecule has 4 aliphatic rings. The minimum absolute atomic E-state index is 0. The van der Waals surface area contributed by atoms with Gasteiger partial charge in [0.25, 0.3) is 0 Å². The summed E-state index contributed by atoms with van der Waals surface area (Å²) in [6.45, 7) is 20.2. The third kappa shape index (κ3) is 6.88. The Kier molecular flexibility index (Phi) is 12.3. The molecule has 36 heavy (non-hydrogen) atoms. The molecular formula is C34H68O2. The minimum atomic E-state index is -0.133. The fourth-order valence-electron chi connectivity index (χ4n) is 8.58. The normalized spacial score (nSPS) is 39.0. The number of allylic oxidation sites excluding steroid dienone is 3. The van der Waals surface area contributed by atoms with E-state index >= 15 is 0 Å². The van der Waals surface area contributed by atoms with E-state index in [1.165, 1.54) is 44.9 Å². The van der Waals surface area contributed by atoms with Crippen LogP contribution in [0.4, 0.5) is 0 Å². The van der Waals surface area contributed by atoms with Crippen LogP contribution in [-0.4, -0.2) is 22.4 Å². The number of aliphatic hydroxyl groups is 2. The van der Waals surface area contributed by atoms with Crippen LogP contribution in [0.15, 0.2) is 23.8 Å². The Labute approximate surface area is 229 Å². The van der Waals surface area contributed by atoms with E-state index < -0.39 is 0 Å². The molecule has 0 aromatic heterocycles. The van der Waals surface area contributed by atoms with E-state index in [1.54, 1.807) is 5.57 Å². The van der Waals surface area contributed by atoms with Crippen molar-refractivity contribution >= 4 is 0 Å². The molecule has 9 atom stereocenters. The van der Waals surface area contributed by atoms with E-state index in [4.69, 9.17) is 0 Å². The van der Waals surface area contributed by atoms with Crippen molar-refractivity contribution in [3.63, 3.8) is 0 Å². The highest BCUT2D eigenvalue weighted by Gasteiger charge is 2.59. The Balaban J connectivity index is 0. The summed E-state index contributed by atoms with van der Waals surface area (Å²) >= 11 is 0. The third-order valence-corrected chi connectivity index (χ3v) is 10.8. The number of hydrogen-bond donors (Lipinski definition) is 2. The quantitative estimate of drug-likeness (QED) is 0.363. The third-order valence-electron chi connectivity index (χ3n) is 10.8. The second kappa shape index (κ2) is 14.0. The van der Waals surface area contributed by atoms with Crippen LogP contribution in [0.25, 0.3) is 0 Å². The molecule has 2 heteroatoms. The minimum Gasteiger partial charge on any atom is -0.393 e. The summed E-state index contributed by atoms with van der Waals surface area (Å²) in [6, 6.07) is 0. The predicted octanol–water partition coefficient (Wildman–Crippen LogP) is 10.1. The summed E-state index contributed by atoms with van der Waals surface area (Å²) < 4.78 is 0. The molecule has 0 aliphatic heterocycles. The molecule has 0 aromatic carbocycles. The SMILES string of the molecule is C/C=C\C.CC(C)CC[C@H](O)[C@@H](C)C1CCC2[C@@H]3CC=C4C[C@@H](O)CC[C@]4(C)C3CC[C@@]21C.CCC.[HH].[HH].[HH]. The molecule has 3 unspecified atom stereocenters. The topological polar surface area (TPSA) is 40.5 Å². The predicted molar refractivity (Wildman–Crippen MR) is 163 cm³/mol. The Bertz CT molecular complexity index is 719. The van der Waals surface area contributed by atoms with Gasteiger partial charge in [-0.05, 0) is 124 Å². The van der Waals surface area contributed by atoms with Crippen molar-refractivity contribution in [2.24, 2.45) is 46.3 Å². The zero-order valence-corrected chi connectivity index (χ0v) is 25.5. The molecule has 0 heterocycles. The van der Waals surface area contributed by atoms with Gasteiger partial charge in [-0.2, -0.15) is 0 Å². The molecule has 0 bridgehead atoms. The maximum Gasteiger partial charge on any atom is 0.0577 e. The van der Waals surface area contributed by atoms with Gasteiger partial charge in [-0.15, -0.1) is 0 Å². The molecule has 0 saturated heterocycles. The summed E-state index contributed by atoms with van der Waals surface area (Å²) in [6.07, 6.45) is 19.4. The second-order valence-corrected chi connectivity index (χ2v) is 13.7. The van der Waals surface area contributed by atoms with Gasteiger partial charge in [0.1, 0.15) is 0 Å². The summed E-state index contributed by atoms with van der Waals surface area (Å²) in [7, 11) is 0. The molecule has 4 aliphatic carbocycles. The summed E-state index contributed by atoms with van der Waals surface area (Å²) in [4.78, 5) is 0. The van der Waals surface area contributed by atoms with Crippen molar-refractivity contribution in [2.75, 3.05) is 0 Å². The van der Waals surface area contributed by atoms with Crippen LogP contribution in [0.2, 0.25) is 0 Å². The van der Waals surface area contributed by atoms with Crippen LogP contribution in [0.3, 0.4) is 0 Å². The zero-order chi connectivity index (χ0) is 27.1. The molecule has 0 spiro atoms. The van der Waals surface area contributed by atoms with Gasteiger partial charge in [-0.1, -0.05) is 78.7 Å². The smallest absolute Gasteiger partial charge is 0.0577 e. The van der Waals surface area contributed by atoms with Gasteiger partial charge in [-0.3, -0.25) is 0 Å². The van der Waals surface area contributed by atoms with E-state index in [1.807, 2.05) is 26.0 Å². The zero-order valence-electron chi connectivity index (χ0n) is 25.5. The lowest BCUT2D eigenvalue weighted by Gasteiger charge is -2.58. The van der Waals surface area contributed by atoms with Gasteiger partial charge >= 0.3 is 0 Å². The van der Waals surface area contributed by atoms with Crippen molar-refractivity contribution in [1.82, 2.24) is 0 Å². The summed E-state index contributed by atoms with van der Waals surface area (Å²) in [5.74, 6) is 4.25. The highest BCUT2D eigenvalue weighted by atomic mass is 16.3. The van der Waals surface area contributed by atoms with Crippen molar-refractivity contribution in [3.8, 4) is 0 Å². The monoisotopic (exact) mass is 509 g/mol. The van der Waals surface area contributed by atoms with Crippen molar-refractivity contribution in [3.05, 3.63) is 23.8 Å². The van der Waals surface area contributed by atoms with Crippen LogP contribution < -0.4 is 0 Å². The number of aliphatic hydroxyl groups excluding tert-OH is 2. The first-order chi connectivity index (χ1) is 17.0. The Hall–Kier alpha value is -0.600. The second-order valence-electron chi connectivity index (χ2n) is 13.7. The van der Waals surface area contributed by atoms with Crippen LogP contribution in [0.5, 0.6) is 0 Å². The molecule has 0 aromatic rings. The lowest BCUT2D eigenvalue weighted by Crippen LogP contribution is -2.51. The summed E-state index contributed by atoms with van der Waals surface area (Å²) in [5.41, 5.74) is 2.33. The maximum absolute atomic E-state index is 11.0. The average molecular weight is 509 g/mol. The van der Waals surface area contributed by atoms with Gasteiger partial charge in [0.05, 0.1) is 12.2 Å².